The van der Waals surface area contributed by atoms with Crippen molar-refractivity contribution in [2.45, 2.75) is 38.3 Å². The van der Waals surface area contributed by atoms with Crippen LogP contribution in [0, 0.1) is 29.1 Å². The summed E-state index contributed by atoms with van der Waals surface area (Å²) >= 11 is 0. The van der Waals surface area contributed by atoms with Crippen LogP contribution in [0.4, 0.5) is 22.0 Å². The molecule has 2 nitrogen and oxygen atoms in total. The van der Waals surface area contributed by atoms with Crippen LogP contribution in [0.3, 0.4) is 0 Å². The quantitative estimate of drug-likeness (QED) is 0.512. The fourth-order valence-electron chi connectivity index (χ4n) is 1.70. The maximum absolute atomic E-state index is 13.5. The number of rotatable bonds is 5. The molecule has 0 spiro atoms. The Labute approximate surface area is 113 Å². The number of hydrogen-bond donors (Lipinski definition) is 1. The Kier molecular flexibility index (Phi) is 5.10. The lowest BCUT2D eigenvalue weighted by atomic mass is 9.94. The van der Waals surface area contributed by atoms with Gasteiger partial charge in [0.05, 0.1) is 5.60 Å². The van der Waals surface area contributed by atoms with Crippen LogP contribution in [0.15, 0.2) is 0 Å². The van der Waals surface area contributed by atoms with Crippen molar-refractivity contribution in [2.75, 3.05) is 7.11 Å². The summed E-state index contributed by atoms with van der Waals surface area (Å²) in [6.45, 7) is 3.44. The molecule has 0 aromatic heterocycles. The molecule has 7 heteroatoms. The molecule has 0 aliphatic rings. The Bertz CT molecular complexity index is 475. The molecule has 114 valence electrons. The fraction of sp³-hybridized carbons (Fsp3) is 0.538. The number of halogens is 5. The van der Waals surface area contributed by atoms with Gasteiger partial charge in [0.15, 0.2) is 23.3 Å². The fourth-order valence-corrected chi connectivity index (χ4v) is 1.70. The molecule has 1 aromatic rings. The Balaban J connectivity index is 3.08. The van der Waals surface area contributed by atoms with Gasteiger partial charge < -0.3 is 10.5 Å². The van der Waals surface area contributed by atoms with Crippen molar-refractivity contribution < 1.29 is 26.7 Å². The molecule has 1 rings (SSSR count). The van der Waals surface area contributed by atoms with E-state index in [1.807, 2.05) is 0 Å². The lowest BCUT2D eigenvalue weighted by Crippen LogP contribution is -2.26. The molecule has 0 bridgehead atoms. The summed E-state index contributed by atoms with van der Waals surface area (Å²) in [4.78, 5) is 0. The highest BCUT2D eigenvalue weighted by atomic mass is 19.2. The monoisotopic (exact) mass is 297 g/mol. The normalized spacial score (nSPS) is 13.7. The lowest BCUT2D eigenvalue weighted by molar-refractivity contribution is 0.0123. The molecule has 0 saturated heterocycles. The van der Waals surface area contributed by atoms with Gasteiger partial charge in [-0.15, -0.1) is 0 Å². The molecule has 1 atom stereocenters. The summed E-state index contributed by atoms with van der Waals surface area (Å²) < 4.78 is 71.2. The van der Waals surface area contributed by atoms with Crippen molar-refractivity contribution in [1.29, 1.82) is 0 Å². The molecule has 0 amide bonds. The van der Waals surface area contributed by atoms with Gasteiger partial charge in [0.2, 0.25) is 5.82 Å². The van der Waals surface area contributed by atoms with E-state index in [1.54, 1.807) is 13.8 Å². The smallest absolute Gasteiger partial charge is 0.200 e. The van der Waals surface area contributed by atoms with Gasteiger partial charge in [0.25, 0.3) is 0 Å². The minimum Gasteiger partial charge on any atom is -0.379 e. The van der Waals surface area contributed by atoms with Crippen LogP contribution in [0.1, 0.15) is 38.3 Å². The zero-order valence-corrected chi connectivity index (χ0v) is 11.4. The summed E-state index contributed by atoms with van der Waals surface area (Å²) in [7, 11) is 1.45. The second-order valence-electron chi connectivity index (χ2n) is 5.09. The van der Waals surface area contributed by atoms with E-state index in [4.69, 9.17) is 10.5 Å². The van der Waals surface area contributed by atoms with E-state index in [9.17, 15) is 22.0 Å². The Morgan fingerprint density at radius 2 is 1.35 bits per heavy atom. The first-order valence-corrected chi connectivity index (χ1v) is 5.94. The van der Waals surface area contributed by atoms with E-state index < -0.39 is 46.3 Å². The van der Waals surface area contributed by atoms with E-state index in [1.165, 1.54) is 7.11 Å². The molecule has 0 saturated carbocycles. The molecular formula is C13H16F5NO. The molecule has 1 aromatic carbocycles. The summed E-state index contributed by atoms with van der Waals surface area (Å²) in [5.41, 5.74) is 3.95. The van der Waals surface area contributed by atoms with Crippen LogP contribution < -0.4 is 5.73 Å². The predicted molar refractivity (Wildman–Crippen MR) is 63.5 cm³/mol. The molecule has 20 heavy (non-hydrogen) atoms. The van der Waals surface area contributed by atoms with Gasteiger partial charge in [-0.1, -0.05) is 0 Å². The third kappa shape index (κ3) is 3.27. The SMILES string of the molecule is COC(C)(C)CCC(N)c1c(F)c(F)c(F)c(F)c1F. The molecule has 1 unspecified atom stereocenters. The van der Waals surface area contributed by atoms with Gasteiger partial charge >= 0.3 is 0 Å². The van der Waals surface area contributed by atoms with Crippen molar-refractivity contribution >= 4 is 0 Å². The van der Waals surface area contributed by atoms with Crippen LogP contribution in [0.25, 0.3) is 0 Å². The molecule has 0 radical (unpaired) electrons. The molecule has 0 aliphatic carbocycles. The van der Waals surface area contributed by atoms with Gasteiger partial charge in [-0.25, -0.2) is 22.0 Å². The first-order chi connectivity index (χ1) is 9.12. The van der Waals surface area contributed by atoms with Crippen molar-refractivity contribution in [3.8, 4) is 0 Å². The van der Waals surface area contributed by atoms with E-state index in [2.05, 4.69) is 0 Å². The topological polar surface area (TPSA) is 35.2 Å². The zero-order chi connectivity index (χ0) is 15.7. The van der Waals surface area contributed by atoms with Crippen molar-refractivity contribution in [3.05, 3.63) is 34.6 Å². The molecule has 0 heterocycles. The molecule has 0 aliphatic heterocycles. The average Bonchev–Trinajstić information content (AvgIpc) is 2.41. The van der Waals surface area contributed by atoms with Gasteiger partial charge in [0.1, 0.15) is 0 Å². The number of hydrogen-bond acceptors (Lipinski definition) is 2. The molecule has 2 N–H and O–H groups in total. The average molecular weight is 297 g/mol. The third-order valence-electron chi connectivity index (χ3n) is 3.22. The minimum atomic E-state index is -2.19. The van der Waals surface area contributed by atoms with Crippen molar-refractivity contribution in [2.24, 2.45) is 5.73 Å². The lowest BCUT2D eigenvalue weighted by Gasteiger charge is -2.25. The second kappa shape index (κ2) is 6.05. The number of ether oxygens (including phenoxy) is 1. The Hall–Kier alpha value is -1.21. The van der Waals surface area contributed by atoms with Crippen LogP contribution in [-0.2, 0) is 4.74 Å². The Morgan fingerprint density at radius 3 is 1.75 bits per heavy atom. The first-order valence-electron chi connectivity index (χ1n) is 5.94. The van der Waals surface area contributed by atoms with E-state index in [-0.39, 0.29) is 6.42 Å². The number of methoxy groups -OCH3 is 1. The highest BCUT2D eigenvalue weighted by molar-refractivity contribution is 5.26. The standard InChI is InChI=1S/C13H16F5NO/c1-13(2,20-3)5-4-6(19)7-8(14)10(16)12(18)11(17)9(7)15/h6H,4-5,19H2,1-3H3. The maximum atomic E-state index is 13.5. The second-order valence-corrected chi connectivity index (χ2v) is 5.09. The van der Waals surface area contributed by atoms with E-state index in [0.29, 0.717) is 6.42 Å². The largest absolute Gasteiger partial charge is 0.379 e. The minimum absolute atomic E-state index is 0.0131. The third-order valence-corrected chi connectivity index (χ3v) is 3.22. The first kappa shape index (κ1) is 16.8. The van der Waals surface area contributed by atoms with Crippen molar-refractivity contribution in [1.82, 2.24) is 0 Å². The van der Waals surface area contributed by atoms with Gasteiger partial charge in [-0.2, -0.15) is 0 Å². The zero-order valence-electron chi connectivity index (χ0n) is 11.4. The van der Waals surface area contributed by atoms with Crippen LogP contribution in [0.2, 0.25) is 0 Å². The molecule has 0 fully saturated rings. The summed E-state index contributed by atoms with van der Waals surface area (Å²) in [6, 6.07) is -1.31. The van der Waals surface area contributed by atoms with Gasteiger partial charge in [-0.3, -0.25) is 0 Å². The van der Waals surface area contributed by atoms with Crippen LogP contribution in [-0.4, -0.2) is 12.7 Å². The van der Waals surface area contributed by atoms with Crippen molar-refractivity contribution in [3.63, 3.8) is 0 Å². The molecular weight excluding hydrogens is 281 g/mol. The van der Waals surface area contributed by atoms with Crippen LogP contribution >= 0.6 is 0 Å². The Morgan fingerprint density at radius 1 is 0.950 bits per heavy atom. The number of benzene rings is 1. The highest BCUT2D eigenvalue weighted by Gasteiger charge is 2.29. The highest BCUT2D eigenvalue weighted by Crippen LogP contribution is 2.30. The summed E-state index contributed by atoms with van der Waals surface area (Å²) in [5.74, 6) is -9.93. The van der Waals surface area contributed by atoms with E-state index >= 15 is 0 Å². The number of nitrogens with two attached hydrogens (primary N) is 1. The van der Waals surface area contributed by atoms with Gasteiger partial charge in [0, 0.05) is 18.7 Å². The van der Waals surface area contributed by atoms with Gasteiger partial charge in [-0.05, 0) is 26.7 Å². The maximum Gasteiger partial charge on any atom is 0.200 e. The predicted octanol–water partition coefficient (Wildman–Crippen LogP) is 3.59. The van der Waals surface area contributed by atoms with Crippen LogP contribution in [0.5, 0.6) is 0 Å². The van der Waals surface area contributed by atoms with E-state index in [0.717, 1.165) is 0 Å². The summed E-state index contributed by atoms with van der Waals surface area (Å²) in [6.07, 6.45) is 0.309. The summed E-state index contributed by atoms with van der Waals surface area (Å²) in [5, 5.41) is 0.